The molecule has 1 heterocycles. The maximum Gasteiger partial charge on any atom is 0.136 e. The smallest absolute Gasteiger partial charge is 0.136 e. The van der Waals surface area contributed by atoms with Gasteiger partial charge in [-0.05, 0) is 92.2 Å². The Hall–Kier alpha value is -6.38. The fraction of sp³-hybridized carbons (Fsp3) is 0.0612. The van der Waals surface area contributed by atoms with Gasteiger partial charge in [0.2, 0.25) is 0 Å². The Morgan fingerprint density at radius 2 is 1.10 bits per heavy atom. The molecule has 1 aliphatic rings. The normalized spacial score (nSPS) is 13.1. The van der Waals surface area contributed by atoms with Crippen LogP contribution in [0, 0.1) is 0 Å². The van der Waals surface area contributed by atoms with Crippen LogP contribution in [0.2, 0.25) is 0 Å². The first kappa shape index (κ1) is 29.5. The fourth-order valence-electron chi connectivity index (χ4n) is 8.44. The molecule has 51 heavy (non-hydrogen) atoms. The standard InChI is InChI=1S/C49H35NO/c1-49(2)42-22-7-5-18-40(42)48-43(49)23-12-24-44(48)50(35-29-27-33(28-30-35)38-20-10-14-32-13-3-4-17-37(32)38)36-16-9-15-34(31-36)39-21-11-26-46-47(39)41-19-6-8-25-45(41)51-46/h3-31H,1-2H3. The molecular weight excluding hydrogens is 619 g/mol. The molecule has 1 aromatic heterocycles. The van der Waals surface area contributed by atoms with E-state index in [-0.39, 0.29) is 5.41 Å². The minimum atomic E-state index is -0.105. The zero-order valence-electron chi connectivity index (χ0n) is 28.6. The molecule has 2 nitrogen and oxygen atoms in total. The Bertz CT molecular complexity index is 2780. The van der Waals surface area contributed by atoms with Gasteiger partial charge in [-0.15, -0.1) is 0 Å². The minimum Gasteiger partial charge on any atom is -0.456 e. The lowest BCUT2D eigenvalue weighted by molar-refractivity contribution is 0.660. The van der Waals surface area contributed by atoms with Crippen molar-refractivity contribution in [2.75, 3.05) is 4.90 Å². The molecule has 0 saturated heterocycles. The van der Waals surface area contributed by atoms with E-state index in [9.17, 15) is 0 Å². The highest BCUT2D eigenvalue weighted by molar-refractivity contribution is 6.12. The number of furan rings is 1. The zero-order chi connectivity index (χ0) is 34.1. The number of para-hydroxylation sites is 1. The van der Waals surface area contributed by atoms with Crippen molar-refractivity contribution in [3.8, 4) is 33.4 Å². The summed E-state index contributed by atoms with van der Waals surface area (Å²) in [4.78, 5) is 2.45. The average molecular weight is 654 g/mol. The number of rotatable bonds is 5. The van der Waals surface area contributed by atoms with Crippen molar-refractivity contribution in [1.29, 1.82) is 0 Å². The zero-order valence-corrected chi connectivity index (χ0v) is 28.6. The summed E-state index contributed by atoms with van der Waals surface area (Å²) in [6, 6.07) is 63.7. The maximum absolute atomic E-state index is 6.30. The number of hydrogen-bond donors (Lipinski definition) is 0. The monoisotopic (exact) mass is 653 g/mol. The van der Waals surface area contributed by atoms with Crippen LogP contribution in [-0.2, 0) is 5.41 Å². The van der Waals surface area contributed by atoms with Gasteiger partial charge in [0.1, 0.15) is 11.2 Å². The summed E-state index contributed by atoms with van der Waals surface area (Å²) in [6.45, 7) is 4.70. The summed E-state index contributed by atoms with van der Waals surface area (Å²) in [6.07, 6.45) is 0. The molecule has 0 bridgehead atoms. The van der Waals surface area contributed by atoms with Crippen LogP contribution in [0.15, 0.2) is 180 Å². The number of fused-ring (bicyclic) bond motifs is 7. The lowest BCUT2D eigenvalue weighted by atomic mass is 9.82. The Morgan fingerprint density at radius 1 is 0.451 bits per heavy atom. The van der Waals surface area contributed by atoms with Gasteiger partial charge in [-0.2, -0.15) is 0 Å². The molecule has 242 valence electrons. The quantitative estimate of drug-likeness (QED) is 0.184. The van der Waals surface area contributed by atoms with E-state index in [1.807, 2.05) is 6.07 Å². The van der Waals surface area contributed by atoms with Crippen LogP contribution in [0.4, 0.5) is 17.1 Å². The second kappa shape index (κ2) is 11.3. The van der Waals surface area contributed by atoms with Crippen molar-refractivity contribution in [3.63, 3.8) is 0 Å². The second-order valence-corrected chi connectivity index (χ2v) is 14.1. The second-order valence-electron chi connectivity index (χ2n) is 14.1. The Labute approximate surface area is 297 Å². The van der Waals surface area contributed by atoms with Crippen LogP contribution >= 0.6 is 0 Å². The SMILES string of the molecule is CC1(C)c2ccccc2-c2c(N(c3ccc(-c4cccc5ccccc45)cc3)c3cccc(-c4cccc5oc6ccccc6c45)c3)cccc21. The van der Waals surface area contributed by atoms with Crippen molar-refractivity contribution in [3.05, 3.63) is 187 Å². The molecule has 2 heteroatoms. The van der Waals surface area contributed by atoms with Gasteiger partial charge in [0.15, 0.2) is 0 Å². The molecule has 10 rings (SSSR count). The highest BCUT2D eigenvalue weighted by Gasteiger charge is 2.37. The third-order valence-electron chi connectivity index (χ3n) is 10.9. The Morgan fingerprint density at radius 3 is 2.00 bits per heavy atom. The van der Waals surface area contributed by atoms with Crippen molar-refractivity contribution in [2.45, 2.75) is 19.3 Å². The lowest BCUT2D eigenvalue weighted by Gasteiger charge is -2.29. The number of benzene rings is 8. The van der Waals surface area contributed by atoms with Gasteiger partial charge < -0.3 is 9.32 Å². The van der Waals surface area contributed by atoms with Crippen LogP contribution < -0.4 is 4.90 Å². The summed E-state index contributed by atoms with van der Waals surface area (Å²) in [5.41, 5.74) is 15.2. The van der Waals surface area contributed by atoms with E-state index in [1.54, 1.807) is 0 Å². The third kappa shape index (κ3) is 4.57. The van der Waals surface area contributed by atoms with Crippen LogP contribution in [-0.4, -0.2) is 0 Å². The molecule has 0 radical (unpaired) electrons. The van der Waals surface area contributed by atoms with E-state index < -0.39 is 0 Å². The van der Waals surface area contributed by atoms with E-state index in [0.29, 0.717) is 0 Å². The van der Waals surface area contributed by atoms with Crippen LogP contribution in [0.5, 0.6) is 0 Å². The first-order chi connectivity index (χ1) is 25.1. The predicted octanol–water partition coefficient (Wildman–Crippen LogP) is 13.8. The van der Waals surface area contributed by atoms with E-state index in [0.717, 1.165) is 44.4 Å². The fourth-order valence-corrected chi connectivity index (χ4v) is 8.44. The van der Waals surface area contributed by atoms with Gasteiger partial charge in [-0.3, -0.25) is 0 Å². The first-order valence-electron chi connectivity index (χ1n) is 17.7. The van der Waals surface area contributed by atoms with Crippen LogP contribution in [0.1, 0.15) is 25.0 Å². The third-order valence-corrected chi connectivity index (χ3v) is 10.9. The molecule has 0 saturated carbocycles. The summed E-state index contributed by atoms with van der Waals surface area (Å²) in [5.74, 6) is 0. The summed E-state index contributed by atoms with van der Waals surface area (Å²) in [5, 5.41) is 4.79. The van der Waals surface area contributed by atoms with Gasteiger partial charge in [0.25, 0.3) is 0 Å². The van der Waals surface area contributed by atoms with Crippen molar-refractivity contribution in [2.24, 2.45) is 0 Å². The van der Waals surface area contributed by atoms with E-state index in [2.05, 4.69) is 189 Å². The van der Waals surface area contributed by atoms with Crippen LogP contribution in [0.25, 0.3) is 66.1 Å². The topological polar surface area (TPSA) is 16.4 Å². The molecule has 0 amide bonds. The van der Waals surface area contributed by atoms with Gasteiger partial charge in [-0.25, -0.2) is 0 Å². The Balaban J connectivity index is 1.18. The van der Waals surface area contributed by atoms with Crippen molar-refractivity contribution in [1.82, 2.24) is 0 Å². The molecule has 8 aromatic carbocycles. The van der Waals surface area contributed by atoms with E-state index >= 15 is 0 Å². The molecule has 1 aliphatic carbocycles. The molecule has 0 fully saturated rings. The van der Waals surface area contributed by atoms with Crippen LogP contribution in [0.3, 0.4) is 0 Å². The lowest BCUT2D eigenvalue weighted by Crippen LogP contribution is -2.16. The highest BCUT2D eigenvalue weighted by Crippen LogP contribution is 2.54. The van der Waals surface area contributed by atoms with Crippen molar-refractivity contribution >= 4 is 49.8 Å². The average Bonchev–Trinajstić information content (AvgIpc) is 3.68. The Kier molecular flexibility index (Phi) is 6.56. The number of anilines is 3. The number of hydrogen-bond acceptors (Lipinski definition) is 2. The number of nitrogens with zero attached hydrogens (tertiary/aromatic N) is 1. The van der Waals surface area contributed by atoms with Crippen molar-refractivity contribution < 1.29 is 4.42 Å². The minimum absolute atomic E-state index is 0.105. The molecule has 0 spiro atoms. The molecule has 0 N–H and O–H groups in total. The summed E-state index contributed by atoms with van der Waals surface area (Å²) < 4.78 is 6.30. The summed E-state index contributed by atoms with van der Waals surface area (Å²) >= 11 is 0. The molecule has 0 aliphatic heterocycles. The van der Waals surface area contributed by atoms with E-state index in [4.69, 9.17) is 4.42 Å². The van der Waals surface area contributed by atoms with Gasteiger partial charge in [0, 0.05) is 33.1 Å². The van der Waals surface area contributed by atoms with Gasteiger partial charge in [-0.1, -0.05) is 147 Å². The highest BCUT2D eigenvalue weighted by atomic mass is 16.3. The molecule has 9 aromatic rings. The first-order valence-corrected chi connectivity index (χ1v) is 17.7. The molecule has 0 atom stereocenters. The predicted molar refractivity (Wildman–Crippen MR) is 214 cm³/mol. The largest absolute Gasteiger partial charge is 0.456 e. The maximum atomic E-state index is 6.30. The molecule has 0 unspecified atom stereocenters. The molecular formula is C49H35NO. The summed E-state index contributed by atoms with van der Waals surface area (Å²) in [7, 11) is 0. The van der Waals surface area contributed by atoms with Gasteiger partial charge >= 0.3 is 0 Å². The van der Waals surface area contributed by atoms with Gasteiger partial charge in [0.05, 0.1) is 5.69 Å². The van der Waals surface area contributed by atoms with E-state index in [1.165, 1.54) is 49.8 Å².